The highest BCUT2D eigenvalue weighted by molar-refractivity contribution is 5.19. The molecule has 0 spiro atoms. The van der Waals surface area contributed by atoms with E-state index in [1.54, 1.807) is 12.1 Å². The molecule has 0 saturated heterocycles. The average Bonchev–Trinajstić information content (AvgIpc) is 2.52. The summed E-state index contributed by atoms with van der Waals surface area (Å²) in [7, 11) is 0. The number of aliphatic hydroxyl groups excluding tert-OH is 2. The fourth-order valence-electron chi connectivity index (χ4n) is 3.29. The van der Waals surface area contributed by atoms with Crippen molar-refractivity contribution in [1.29, 1.82) is 0 Å². The van der Waals surface area contributed by atoms with Gasteiger partial charge in [0.25, 0.3) is 0 Å². The fourth-order valence-corrected chi connectivity index (χ4v) is 3.29. The van der Waals surface area contributed by atoms with Crippen molar-refractivity contribution in [3.05, 3.63) is 35.6 Å². The lowest BCUT2D eigenvalue weighted by atomic mass is 9.82. The number of rotatable bonds is 7. The highest BCUT2D eigenvalue weighted by Gasteiger charge is 2.24. The van der Waals surface area contributed by atoms with E-state index < -0.39 is 6.10 Å². The van der Waals surface area contributed by atoms with Crippen molar-refractivity contribution in [2.75, 3.05) is 6.54 Å². The molecule has 3 N–H and O–H groups in total. The van der Waals surface area contributed by atoms with Gasteiger partial charge in [-0.1, -0.05) is 12.1 Å². The van der Waals surface area contributed by atoms with Crippen LogP contribution in [0.2, 0.25) is 0 Å². The Morgan fingerprint density at radius 3 is 2.61 bits per heavy atom. The van der Waals surface area contributed by atoms with Crippen molar-refractivity contribution >= 4 is 0 Å². The topological polar surface area (TPSA) is 52.5 Å². The zero-order chi connectivity index (χ0) is 16.9. The summed E-state index contributed by atoms with van der Waals surface area (Å²) in [6.07, 6.45) is 5.46. The molecular formula is C19H30FNO2. The minimum atomic E-state index is -0.699. The minimum Gasteiger partial charge on any atom is -0.393 e. The highest BCUT2D eigenvalue weighted by Crippen LogP contribution is 2.29. The Bertz CT molecular complexity index is 484. The molecule has 1 aromatic carbocycles. The van der Waals surface area contributed by atoms with Crippen LogP contribution in [0.25, 0.3) is 0 Å². The van der Waals surface area contributed by atoms with Gasteiger partial charge in [0, 0.05) is 12.1 Å². The molecule has 1 atom stereocenters. The fraction of sp³-hybridized carbons (Fsp3) is 0.684. The first-order chi connectivity index (χ1) is 10.9. The smallest absolute Gasteiger partial charge is 0.123 e. The van der Waals surface area contributed by atoms with Gasteiger partial charge in [0.05, 0.1) is 12.2 Å². The van der Waals surface area contributed by atoms with E-state index in [0.717, 1.165) is 38.5 Å². The third-order valence-corrected chi connectivity index (χ3v) is 5.00. The molecule has 0 aromatic heterocycles. The molecular weight excluding hydrogens is 293 g/mol. The second kappa shape index (κ2) is 8.22. The average molecular weight is 323 g/mol. The van der Waals surface area contributed by atoms with Gasteiger partial charge in [-0.05, 0) is 76.0 Å². The normalized spacial score (nSPS) is 23.7. The lowest BCUT2D eigenvalue weighted by molar-refractivity contribution is 0.102. The molecule has 130 valence electrons. The van der Waals surface area contributed by atoms with Crippen LogP contribution in [-0.4, -0.2) is 28.4 Å². The Hall–Kier alpha value is -0.970. The van der Waals surface area contributed by atoms with Gasteiger partial charge >= 0.3 is 0 Å². The van der Waals surface area contributed by atoms with E-state index in [-0.39, 0.29) is 17.5 Å². The summed E-state index contributed by atoms with van der Waals surface area (Å²) < 4.78 is 13.2. The second-order valence-electron chi connectivity index (χ2n) is 7.55. The van der Waals surface area contributed by atoms with Gasteiger partial charge in [0.1, 0.15) is 5.82 Å². The summed E-state index contributed by atoms with van der Waals surface area (Å²) in [4.78, 5) is 0. The zero-order valence-corrected chi connectivity index (χ0v) is 14.3. The number of nitrogens with one attached hydrogen (secondary N) is 1. The molecule has 23 heavy (non-hydrogen) atoms. The first-order valence-electron chi connectivity index (χ1n) is 8.72. The van der Waals surface area contributed by atoms with Gasteiger partial charge in [-0.15, -0.1) is 0 Å². The van der Waals surface area contributed by atoms with E-state index in [1.807, 2.05) is 0 Å². The summed E-state index contributed by atoms with van der Waals surface area (Å²) in [6, 6.07) is 6.13. The monoisotopic (exact) mass is 323 g/mol. The Kier molecular flexibility index (Phi) is 6.57. The number of aliphatic hydroxyl groups is 2. The molecule has 0 aliphatic heterocycles. The van der Waals surface area contributed by atoms with Gasteiger partial charge in [-0.3, -0.25) is 0 Å². The molecule has 0 heterocycles. The molecule has 1 saturated carbocycles. The van der Waals surface area contributed by atoms with Crippen molar-refractivity contribution in [3.63, 3.8) is 0 Å². The molecule has 1 aliphatic carbocycles. The summed E-state index contributed by atoms with van der Waals surface area (Å²) in [5.41, 5.74) is 0.541. The van der Waals surface area contributed by atoms with Crippen molar-refractivity contribution in [2.24, 2.45) is 5.92 Å². The number of β-amino-alcohol motifs (C(OH)–C–C–N with tert-alkyl or cyclic N) is 1. The van der Waals surface area contributed by atoms with Crippen LogP contribution in [0.5, 0.6) is 0 Å². The number of hydrogen-bond acceptors (Lipinski definition) is 3. The molecule has 2 rings (SSSR count). The van der Waals surface area contributed by atoms with E-state index in [0.29, 0.717) is 18.0 Å². The van der Waals surface area contributed by atoms with E-state index in [1.165, 1.54) is 12.1 Å². The van der Waals surface area contributed by atoms with Crippen LogP contribution < -0.4 is 5.32 Å². The largest absolute Gasteiger partial charge is 0.393 e. The van der Waals surface area contributed by atoms with Crippen LogP contribution >= 0.6 is 0 Å². The Balaban J connectivity index is 1.74. The van der Waals surface area contributed by atoms with Crippen molar-refractivity contribution in [3.8, 4) is 0 Å². The van der Waals surface area contributed by atoms with Gasteiger partial charge in [0.15, 0.2) is 0 Å². The summed E-state index contributed by atoms with van der Waals surface area (Å²) in [6.45, 7) is 4.70. The van der Waals surface area contributed by atoms with Gasteiger partial charge < -0.3 is 15.5 Å². The molecule has 0 bridgehead atoms. The van der Waals surface area contributed by atoms with E-state index >= 15 is 0 Å². The van der Waals surface area contributed by atoms with Crippen molar-refractivity contribution in [1.82, 2.24) is 5.32 Å². The minimum absolute atomic E-state index is 0.0651. The van der Waals surface area contributed by atoms with Gasteiger partial charge in [-0.2, -0.15) is 0 Å². The Morgan fingerprint density at radius 1 is 1.26 bits per heavy atom. The number of halogens is 1. The first kappa shape index (κ1) is 18.4. The third-order valence-electron chi connectivity index (χ3n) is 5.00. The van der Waals surface area contributed by atoms with Crippen LogP contribution in [0.3, 0.4) is 0 Å². The zero-order valence-electron chi connectivity index (χ0n) is 14.3. The predicted molar refractivity (Wildman–Crippen MR) is 90.6 cm³/mol. The quantitative estimate of drug-likeness (QED) is 0.719. The van der Waals surface area contributed by atoms with Crippen LogP contribution in [0.1, 0.15) is 64.0 Å². The lowest BCUT2D eigenvalue weighted by Crippen LogP contribution is -2.42. The molecule has 1 fully saturated rings. The second-order valence-corrected chi connectivity index (χ2v) is 7.55. The molecule has 1 aliphatic rings. The Morgan fingerprint density at radius 2 is 1.96 bits per heavy atom. The third kappa shape index (κ3) is 6.21. The molecule has 0 radical (unpaired) electrons. The van der Waals surface area contributed by atoms with E-state index in [2.05, 4.69) is 19.2 Å². The molecule has 0 amide bonds. The predicted octanol–water partition coefficient (Wildman–Crippen LogP) is 3.56. The summed E-state index contributed by atoms with van der Waals surface area (Å²) >= 11 is 0. The molecule has 3 nitrogen and oxygen atoms in total. The Labute approximate surface area is 138 Å². The first-order valence-corrected chi connectivity index (χ1v) is 8.72. The SMILES string of the molecule is CC(C)(CCC1CCC(O)CC1)NC[C@H](O)c1cccc(F)c1. The summed E-state index contributed by atoms with van der Waals surface area (Å²) in [5, 5.41) is 23.2. The van der Waals surface area contributed by atoms with Gasteiger partial charge in [0.2, 0.25) is 0 Å². The standard InChI is InChI=1S/C19H30FNO2/c1-19(2,11-10-14-6-8-17(22)9-7-14)21-13-18(23)15-4-3-5-16(20)12-15/h3-5,12,14,17-18,21-23H,6-11,13H2,1-2H3/t14?,17?,18-/m0/s1. The summed E-state index contributed by atoms with van der Waals surface area (Å²) in [5.74, 6) is 0.382. The van der Waals surface area contributed by atoms with Crippen LogP contribution in [0.4, 0.5) is 4.39 Å². The van der Waals surface area contributed by atoms with Crippen LogP contribution in [0.15, 0.2) is 24.3 Å². The van der Waals surface area contributed by atoms with Crippen LogP contribution in [0, 0.1) is 11.7 Å². The maximum atomic E-state index is 13.2. The van der Waals surface area contributed by atoms with Gasteiger partial charge in [-0.25, -0.2) is 4.39 Å². The number of benzene rings is 1. The lowest BCUT2D eigenvalue weighted by Gasteiger charge is -2.31. The van der Waals surface area contributed by atoms with E-state index in [9.17, 15) is 14.6 Å². The molecule has 4 heteroatoms. The van der Waals surface area contributed by atoms with Crippen molar-refractivity contribution < 1.29 is 14.6 Å². The maximum absolute atomic E-state index is 13.2. The van der Waals surface area contributed by atoms with Crippen molar-refractivity contribution in [2.45, 2.75) is 70.1 Å². The maximum Gasteiger partial charge on any atom is 0.123 e. The van der Waals surface area contributed by atoms with Crippen LogP contribution in [-0.2, 0) is 0 Å². The van der Waals surface area contributed by atoms with E-state index in [4.69, 9.17) is 0 Å². The molecule has 1 aromatic rings. The highest BCUT2D eigenvalue weighted by atomic mass is 19.1. The number of hydrogen-bond donors (Lipinski definition) is 3. The molecule has 0 unspecified atom stereocenters.